The largest absolute Gasteiger partial charge is 0.351 e. The molecule has 0 aliphatic carbocycles. The first-order chi connectivity index (χ1) is 9.04. The maximum Gasteiger partial charge on any atom is 0.160 e. The van der Waals surface area contributed by atoms with Crippen molar-refractivity contribution in [1.82, 2.24) is 19.9 Å². The van der Waals surface area contributed by atoms with Crippen LogP contribution in [0.3, 0.4) is 0 Å². The maximum atomic E-state index is 6.13. The lowest BCUT2D eigenvalue weighted by molar-refractivity contribution is 0.420. The van der Waals surface area contributed by atoms with E-state index in [1.54, 1.807) is 0 Å². The molecule has 0 unspecified atom stereocenters. The van der Waals surface area contributed by atoms with Crippen LogP contribution in [0.4, 0.5) is 5.82 Å². The Morgan fingerprint density at radius 1 is 1.42 bits per heavy atom. The fourth-order valence-corrected chi connectivity index (χ4v) is 2.99. The molecule has 1 aliphatic rings. The van der Waals surface area contributed by atoms with E-state index in [2.05, 4.69) is 50.1 Å². The number of nitrogens with one attached hydrogen (secondary N) is 1. The summed E-state index contributed by atoms with van der Waals surface area (Å²) in [6.07, 6.45) is 0. The van der Waals surface area contributed by atoms with E-state index in [1.807, 2.05) is 16.6 Å². The van der Waals surface area contributed by atoms with Gasteiger partial charge in [-0.15, -0.1) is 0 Å². The van der Waals surface area contributed by atoms with Gasteiger partial charge in [0.05, 0.1) is 0 Å². The Kier molecular flexibility index (Phi) is 3.41. The number of hydrogen-bond donors (Lipinski definition) is 1. The minimum atomic E-state index is 0.390. The molecule has 1 N–H and O–H groups in total. The SMILES string of the molecule is C[C@@H]1CN(c2cc(Cl)nc3cc(Br)nn23)[C@@H](C)CN1. The van der Waals surface area contributed by atoms with E-state index >= 15 is 0 Å². The predicted molar refractivity (Wildman–Crippen MR) is 80.0 cm³/mol. The normalized spacial score (nSPS) is 24.1. The Labute approximate surface area is 125 Å². The highest BCUT2D eigenvalue weighted by Crippen LogP contribution is 2.25. The molecule has 7 heteroatoms. The number of aromatic nitrogens is 3. The van der Waals surface area contributed by atoms with Gasteiger partial charge >= 0.3 is 0 Å². The molecule has 2 atom stereocenters. The molecule has 5 nitrogen and oxygen atoms in total. The van der Waals surface area contributed by atoms with Crippen LogP contribution in [-0.2, 0) is 0 Å². The predicted octanol–water partition coefficient (Wildman–Crippen LogP) is 2.33. The Morgan fingerprint density at radius 3 is 3.00 bits per heavy atom. The van der Waals surface area contributed by atoms with Crippen LogP contribution in [0.1, 0.15) is 13.8 Å². The van der Waals surface area contributed by atoms with Crippen LogP contribution in [0.2, 0.25) is 5.15 Å². The van der Waals surface area contributed by atoms with Crippen molar-refractivity contribution >= 4 is 39.0 Å². The van der Waals surface area contributed by atoms with E-state index in [1.165, 1.54) is 0 Å². The van der Waals surface area contributed by atoms with Crippen LogP contribution in [0.25, 0.3) is 5.65 Å². The summed E-state index contributed by atoms with van der Waals surface area (Å²) < 4.78 is 2.60. The third kappa shape index (κ3) is 2.44. The third-order valence-electron chi connectivity index (χ3n) is 3.41. The van der Waals surface area contributed by atoms with Gasteiger partial charge in [0.2, 0.25) is 0 Å². The molecule has 1 fully saturated rings. The summed E-state index contributed by atoms with van der Waals surface area (Å²) >= 11 is 9.52. The highest BCUT2D eigenvalue weighted by Gasteiger charge is 2.25. The second-order valence-corrected chi connectivity index (χ2v) is 6.18. The van der Waals surface area contributed by atoms with E-state index in [0.29, 0.717) is 17.2 Å². The summed E-state index contributed by atoms with van der Waals surface area (Å²) in [4.78, 5) is 6.61. The van der Waals surface area contributed by atoms with Crippen molar-refractivity contribution < 1.29 is 0 Å². The quantitative estimate of drug-likeness (QED) is 0.807. The van der Waals surface area contributed by atoms with E-state index in [4.69, 9.17) is 11.6 Å². The molecule has 1 saturated heterocycles. The van der Waals surface area contributed by atoms with Crippen LogP contribution in [0.15, 0.2) is 16.7 Å². The van der Waals surface area contributed by atoms with Crippen molar-refractivity contribution in [3.05, 3.63) is 21.9 Å². The number of piperazine rings is 1. The lowest BCUT2D eigenvalue weighted by Crippen LogP contribution is -2.55. The lowest BCUT2D eigenvalue weighted by atomic mass is 10.1. The molecule has 0 amide bonds. The molecular weight excluding hydrogens is 330 g/mol. The van der Waals surface area contributed by atoms with Crippen molar-refractivity contribution in [2.45, 2.75) is 25.9 Å². The van der Waals surface area contributed by atoms with Gasteiger partial charge in [0, 0.05) is 37.3 Å². The van der Waals surface area contributed by atoms with Gasteiger partial charge in [-0.05, 0) is 29.8 Å². The van der Waals surface area contributed by atoms with Gasteiger partial charge in [-0.2, -0.15) is 9.61 Å². The zero-order chi connectivity index (χ0) is 13.6. The van der Waals surface area contributed by atoms with Crippen LogP contribution < -0.4 is 10.2 Å². The summed E-state index contributed by atoms with van der Waals surface area (Å²) in [5, 5.41) is 8.40. The monoisotopic (exact) mass is 343 g/mol. The van der Waals surface area contributed by atoms with Gasteiger partial charge in [0.1, 0.15) is 15.6 Å². The van der Waals surface area contributed by atoms with E-state index in [9.17, 15) is 0 Å². The first-order valence-electron chi connectivity index (χ1n) is 6.26. The average Bonchev–Trinajstić information content (AvgIpc) is 2.71. The van der Waals surface area contributed by atoms with Gasteiger partial charge in [-0.25, -0.2) is 4.98 Å². The molecule has 3 rings (SSSR count). The van der Waals surface area contributed by atoms with Crippen LogP contribution in [-0.4, -0.2) is 39.8 Å². The van der Waals surface area contributed by atoms with Crippen molar-refractivity contribution in [3.63, 3.8) is 0 Å². The first kappa shape index (κ1) is 13.1. The molecule has 102 valence electrons. The van der Waals surface area contributed by atoms with Crippen LogP contribution >= 0.6 is 27.5 Å². The fraction of sp³-hybridized carbons (Fsp3) is 0.500. The van der Waals surface area contributed by atoms with Crippen LogP contribution in [0.5, 0.6) is 0 Å². The summed E-state index contributed by atoms with van der Waals surface area (Å²) in [5.41, 5.74) is 0.757. The molecule has 0 bridgehead atoms. The highest BCUT2D eigenvalue weighted by molar-refractivity contribution is 9.10. The molecule has 19 heavy (non-hydrogen) atoms. The van der Waals surface area contributed by atoms with Gasteiger partial charge in [-0.3, -0.25) is 0 Å². The molecule has 0 radical (unpaired) electrons. The first-order valence-corrected chi connectivity index (χ1v) is 7.43. The Hall–Kier alpha value is -0.850. The standard InChI is InChI=1S/C12H15BrClN5/c1-7-6-18(8(2)5-15-7)12-4-10(14)16-11-3-9(13)17-19(11)12/h3-4,7-8,15H,5-6H2,1-2H3/t7-,8+/m1/s1. The Balaban J connectivity index is 2.12. The van der Waals surface area contributed by atoms with E-state index < -0.39 is 0 Å². The van der Waals surface area contributed by atoms with Gasteiger partial charge in [0.25, 0.3) is 0 Å². The second kappa shape index (κ2) is 4.92. The number of anilines is 1. The molecule has 2 aromatic heterocycles. The summed E-state index contributed by atoms with van der Waals surface area (Å²) in [6.45, 7) is 6.24. The zero-order valence-corrected chi connectivity index (χ0v) is 13.1. The summed E-state index contributed by atoms with van der Waals surface area (Å²) in [6, 6.07) is 4.58. The highest BCUT2D eigenvalue weighted by atomic mass is 79.9. The number of fused-ring (bicyclic) bond motifs is 1. The van der Waals surface area contributed by atoms with E-state index in [0.717, 1.165) is 29.2 Å². The molecule has 2 aromatic rings. The minimum Gasteiger partial charge on any atom is -0.351 e. The van der Waals surface area contributed by atoms with Crippen molar-refractivity contribution in [2.24, 2.45) is 0 Å². The average molecular weight is 345 g/mol. The Morgan fingerprint density at radius 2 is 2.21 bits per heavy atom. The number of hydrogen-bond acceptors (Lipinski definition) is 4. The lowest BCUT2D eigenvalue weighted by Gasteiger charge is -2.39. The second-order valence-electron chi connectivity index (χ2n) is 4.98. The fourth-order valence-electron chi connectivity index (χ4n) is 2.45. The number of rotatable bonds is 1. The molecular formula is C12H15BrClN5. The third-order valence-corrected chi connectivity index (χ3v) is 3.99. The molecule has 0 aromatic carbocycles. The topological polar surface area (TPSA) is 45.5 Å². The summed E-state index contributed by atoms with van der Waals surface area (Å²) in [7, 11) is 0. The molecule has 3 heterocycles. The smallest absolute Gasteiger partial charge is 0.160 e. The van der Waals surface area contributed by atoms with Crippen molar-refractivity contribution in [3.8, 4) is 0 Å². The molecule has 0 spiro atoms. The molecule has 1 aliphatic heterocycles. The van der Waals surface area contributed by atoms with Gasteiger partial charge < -0.3 is 10.2 Å². The number of halogens is 2. The number of nitrogens with zero attached hydrogens (tertiary/aromatic N) is 4. The summed E-state index contributed by atoms with van der Waals surface area (Å²) in [5.74, 6) is 0.988. The van der Waals surface area contributed by atoms with Crippen molar-refractivity contribution in [1.29, 1.82) is 0 Å². The van der Waals surface area contributed by atoms with E-state index in [-0.39, 0.29) is 0 Å². The maximum absolute atomic E-state index is 6.13. The Bertz CT molecular complexity index is 613. The minimum absolute atomic E-state index is 0.390. The van der Waals surface area contributed by atoms with Gasteiger partial charge in [-0.1, -0.05) is 11.6 Å². The zero-order valence-electron chi connectivity index (χ0n) is 10.8. The van der Waals surface area contributed by atoms with Crippen LogP contribution in [0, 0.1) is 0 Å². The van der Waals surface area contributed by atoms with Crippen molar-refractivity contribution in [2.75, 3.05) is 18.0 Å². The van der Waals surface area contributed by atoms with Gasteiger partial charge in [0.15, 0.2) is 5.65 Å². The molecule has 0 saturated carbocycles.